The summed E-state index contributed by atoms with van der Waals surface area (Å²) in [7, 11) is 0. The molecule has 0 aliphatic heterocycles. The molecule has 1 N–H and O–H groups in total. The van der Waals surface area contributed by atoms with Crippen molar-refractivity contribution in [2.45, 2.75) is 32.4 Å². The zero-order valence-electron chi connectivity index (χ0n) is 9.13. The van der Waals surface area contributed by atoms with Crippen molar-refractivity contribution in [1.82, 2.24) is 5.32 Å². The van der Waals surface area contributed by atoms with Crippen molar-refractivity contribution < 1.29 is 4.39 Å². The van der Waals surface area contributed by atoms with Crippen molar-refractivity contribution in [1.29, 1.82) is 0 Å². The van der Waals surface area contributed by atoms with E-state index in [9.17, 15) is 4.39 Å². The van der Waals surface area contributed by atoms with E-state index >= 15 is 0 Å². The smallest absolute Gasteiger partial charge is 0.123 e. The minimum Gasteiger partial charge on any atom is -0.297 e. The lowest BCUT2D eigenvalue weighted by atomic mass is 10.1. The van der Waals surface area contributed by atoms with Gasteiger partial charge in [-0.1, -0.05) is 25.0 Å². The summed E-state index contributed by atoms with van der Waals surface area (Å²) >= 11 is 0. The summed E-state index contributed by atoms with van der Waals surface area (Å²) < 4.78 is 13.0. The first-order chi connectivity index (χ1) is 7.17. The quantitative estimate of drug-likeness (QED) is 0.745. The third-order valence-corrected chi connectivity index (χ3v) is 2.41. The molecule has 0 radical (unpaired) electrons. The maximum atomic E-state index is 13.0. The molecule has 1 aromatic rings. The fraction of sp³-hybridized carbons (Fsp3) is 0.385. The van der Waals surface area contributed by atoms with Gasteiger partial charge in [0.05, 0.1) is 6.04 Å². The average Bonchev–Trinajstić information content (AvgIpc) is 2.25. The summed E-state index contributed by atoms with van der Waals surface area (Å²) in [5.74, 6) is 2.45. The van der Waals surface area contributed by atoms with Crippen molar-refractivity contribution in [2.24, 2.45) is 0 Å². The summed E-state index contributed by atoms with van der Waals surface area (Å²) in [6.07, 6.45) is 6.22. The lowest BCUT2D eigenvalue weighted by Gasteiger charge is -2.18. The Bertz CT molecular complexity index is 354. The van der Waals surface area contributed by atoms with Crippen LogP contribution in [0.4, 0.5) is 4.39 Å². The highest BCUT2D eigenvalue weighted by Gasteiger charge is 2.09. The van der Waals surface area contributed by atoms with Gasteiger partial charge in [0, 0.05) is 6.04 Å². The molecule has 0 aliphatic rings. The van der Waals surface area contributed by atoms with Crippen molar-refractivity contribution >= 4 is 0 Å². The summed E-state index contributed by atoms with van der Waals surface area (Å²) in [6.45, 7) is 4.00. The fourth-order valence-electron chi connectivity index (χ4n) is 1.46. The fourth-order valence-corrected chi connectivity index (χ4v) is 1.46. The highest BCUT2D eigenvalue weighted by Crippen LogP contribution is 2.14. The number of halogens is 1. The molecule has 0 saturated heterocycles. The maximum absolute atomic E-state index is 13.0. The highest BCUT2D eigenvalue weighted by atomic mass is 19.1. The molecule has 0 heterocycles. The molecule has 0 amide bonds. The number of hydrogen-bond donors (Lipinski definition) is 1. The molecule has 2 heteroatoms. The molecule has 0 fully saturated rings. The van der Waals surface area contributed by atoms with Gasteiger partial charge in [-0.25, -0.2) is 4.39 Å². The van der Waals surface area contributed by atoms with E-state index < -0.39 is 0 Å². The van der Waals surface area contributed by atoms with Crippen LogP contribution in [0.2, 0.25) is 0 Å². The first-order valence-corrected chi connectivity index (χ1v) is 5.15. The van der Waals surface area contributed by atoms with Gasteiger partial charge in [0.2, 0.25) is 0 Å². The molecule has 80 valence electrons. The molecule has 1 nitrogen and oxygen atoms in total. The lowest BCUT2D eigenvalue weighted by molar-refractivity contribution is 0.509. The van der Waals surface area contributed by atoms with Crippen molar-refractivity contribution in [2.75, 3.05) is 0 Å². The molecule has 0 aliphatic carbocycles. The molecule has 2 unspecified atom stereocenters. The first kappa shape index (κ1) is 11.7. The number of nitrogens with one attached hydrogen (secondary N) is 1. The van der Waals surface area contributed by atoms with Crippen LogP contribution < -0.4 is 5.32 Å². The van der Waals surface area contributed by atoms with E-state index in [4.69, 9.17) is 6.42 Å². The van der Waals surface area contributed by atoms with Crippen LogP contribution in [0, 0.1) is 18.2 Å². The first-order valence-electron chi connectivity index (χ1n) is 5.15. The summed E-state index contributed by atoms with van der Waals surface area (Å²) in [5, 5.41) is 3.26. The van der Waals surface area contributed by atoms with Crippen LogP contribution in [0.5, 0.6) is 0 Å². The molecule has 1 aromatic carbocycles. The van der Waals surface area contributed by atoms with Gasteiger partial charge in [-0.3, -0.25) is 5.32 Å². The van der Waals surface area contributed by atoms with E-state index in [1.165, 1.54) is 12.1 Å². The van der Waals surface area contributed by atoms with Crippen LogP contribution >= 0.6 is 0 Å². The zero-order valence-corrected chi connectivity index (χ0v) is 9.13. The second kappa shape index (κ2) is 5.53. The normalized spacial score (nSPS) is 14.3. The van der Waals surface area contributed by atoms with Crippen LogP contribution in [-0.4, -0.2) is 6.04 Å². The zero-order chi connectivity index (χ0) is 11.3. The second-order valence-electron chi connectivity index (χ2n) is 3.57. The summed E-state index contributed by atoms with van der Waals surface area (Å²) in [5.41, 5.74) is 0.920. The molecular formula is C13H16FN. The number of rotatable bonds is 4. The molecule has 15 heavy (non-hydrogen) atoms. The van der Waals surface area contributed by atoms with Gasteiger partial charge in [-0.05, 0) is 31.0 Å². The Labute approximate surface area is 90.7 Å². The van der Waals surface area contributed by atoms with Gasteiger partial charge in [-0.2, -0.15) is 0 Å². The van der Waals surface area contributed by atoms with E-state index in [0.29, 0.717) is 0 Å². The Morgan fingerprint density at radius 3 is 2.80 bits per heavy atom. The minimum absolute atomic E-state index is 0.0447. The molecule has 1 rings (SSSR count). The van der Waals surface area contributed by atoms with Gasteiger partial charge in [-0.15, -0.1) is 6.42 Å². The third-order valence-electron chi connectivity index (χ3n) is 2.41. The van der Waals surface area contributed by atoms with Gasteiger partial charge in [0.1, 0.15) is 5.82 Å². The number of benzene rings is 1. The SMILES string of the molecule is C#CC(CC)NC(C)c1cccc(F)c1. The maximum Gasteiger partial charge on any atom is 0.123 e. The second-order valence-corrected chi connectivity index (χ2v) is 3.57. The van der Waals surface area contributed by atoms with E-state index in [-0.39, 0.29) is 17.9 Å². The van der Waals surface area contributed by atoms with Crippen molar-refractivity contribution in [3.05, 3.63) is 35.6 Å². The number of hydrogen-bond acceptors (Lipinski definition) is 1. The van der Waals surface area contributed by atoms with E-state index in [1.54, 1.807) is 6.07 Å². The molecular weight excluding hydrogens is 189 g/mol. The standard InChI is InChI=1S/C13H16FN/c1-4-13(5-2)15-10(3)11-7-6-8-12(14)9-11/h1,6-10,13,15H,5H2,2-3H3. The summed E-state index contributed by atoms with van der Waals surface area (Å²) in [4.78, 5) is 0. The van der Waals surface area contributed by atoms with Crippen molar-refractivity contribution in [3.8, 4) is 12.3 Å². The van der Waals surface area contributed by atoms with Crippen LogP contribution in [0.25, 0.3) is 0 Å². The molecule has 0 bridgehead atoms. The highest BCUT2D eigenvalue weighted by molar-refractivity contribution is 5.20. The monoisotopic (exact) mass is 205 g/mol. The minimum atomic E-state index is -0.213. The predicted octanol–water partition coefficient (Wildman–Crippen LogP) is 2.89. The average molecular weight is 205 g/mol. The van der Waals surface area contributed by atoms with Gasteiger partial charge >= 0.3 is 0 Å². The van der Waals surface area contributed by atoms with Crippen LogP contribution in [0.15, 0.2) is 24.3 Å². The van der Waals surface area contributed by atoms with Gasteiger partial charge in [0.15, 0.2) is 0 Å². The van der Waals surface area contributed by atoms with E-state index in [0.717, 1.165) is 12.0 Å². The Hall–Kier alpha value is -1.33. The van der Waals surface area contributed by atoms with Crippen LogP contribution in [0.3, 0.4) is 0 Å². The van der Waals surface area contributed by atoms with Gasteiger partial charge in [0.25, 0.3) is 0 Å². The van der Waals surface area contributed by atoms with E-state index in [2.05, 4.69) is 11.2 Å². The third kappa shape index (κ3) is 3.38. The summed E-state index contributed by atoms with van der Waals surface area (Å²) in [6, 6.07) is 6.68. The predicted molar refractivity (Wildman–Crippen MR) is 60.9 cm³/mol. The molecule has 0 spiro atoms. The largest absolute Gasteiger partial charge is 0.297 e. The van der Waals surface area contributed by atoms with E-state index in [1.807, 2.05) is 19.9 Å². The Balaban J connectivity index is 2.69. The lowest BCUT2D eigenvalue weighted by Crippen LogP contribution is -2.29. The Morgan fingerprint density at radius 2 is 2.27 bits per heavy atom. The van der Waals surface area contributed by atoms with Crippen LogP contribution in [-0.2, 0) is 0 Å². The Kier molecular flexibility index (Phi) is 4.33. The molecule has 0 aromatic heterocycles. The number of terminal acetylenes is 1. The van der Waals surface area contributed by atoms with Gasteiger partial charge < -0.3 is 0 Å². The molecule has 2 atom stereocenters. The molecule has 0 saturated carbocycles. The van der Waals surface area contributed by atoms with Crippen LogP contribution in [0.1, 0.15) is 31.9 Å². The topological polar surface area (TPSA) is 12.0 Å². The Morgan fingerprint density at radius 1 is 1.53 bits per heavy atom. The van der Waals surface area contributed by atoms with Crippen molar-refractivity contribution in [3.63, 3.8) is 0 Å².